The monoisotopic (exact) mass is 533 g/mol. The number of rotatable bonds is 7. The Labute approximate surface area is 210 Å². The van der Waals surface area contributed by atoms with Gasteiger partial charge in [-0.25, -0.2) is 16.8 Å². The summed E-state index contributed by atoms with van der Waals surface area (Å²) in [5.41, 5.74) is 1.69. The second-order valence-electron chi connectivity index (χ2n) is 8.20. The minimum Gasteiger partial charge on any atom is -0.322 e. The summed E-state index contributed by atoms with van der Waals surface area (Å²) in [5, 5.41) is 2.74. The van der Waals surface area contributed by atoms with E-state index in [2.05, 4.69) is 10.0 Å². The average molecular weight is 534 g/mol. The third kappa shape index (κ3) is 5.67. The highest BCUT2D eigenvalue weighted by atomic mass is 35.5. The molecule has 0 spiro atoms. The van der Waals surface area contributed by atoms with Crippen LogP contribution in [0.2, 0.25) is 5.02 Å². The van der Waals surface area contributed by atoms with Crippen LogP contribution in [0.25, 0.3) is 0 Å². The minimum absolute atomic E-state index is 0.0559. The van der Waals surface area contributed by atoms with Crippen LogP contribution in [0.1, 0.15) is 28.8 Å². The first-order valence-corrected chi connectivity index (χ1v) is 14.2. The molecule has 184 valence electrons. The molecule has 1 fully saturated rings. The van der Waals surface area contributed by atoms with E-state index in [1.54, 1.807) is 12.1 Å². The molecule has 0 bridgehead atoms. The van der Waals surface area contributed by atoms with Crippen molar-refractivity contribution in [2.75, 3.05) is 23.1 Å². The maximum atomic E-state index is 12.7. The van der Waals surface area contributed by atoms with E-state index in [1.807, 2.05) is 6.92 Å². The van der Waals surface area contributed by atoms with Crippen LogP contribution in [0.5, 0.6) is 0 Å². The van der Waals surface area contributed by atoms with Crippen molar-refractivity contribution >= 4 is 48.9 Å². The normalized spacial score (nSPS) is 14.6. The van der Waals surface area contributed by atoms with Crippen molar-refractivity contribution in [3.63, 3.8) is 0 Å². The number of carbonyl (C=O) groups excluding carboxylic acids is 1. The van der Waals surface area contributed by atoms with E-state index in [0.29, 0.717) is 18.8 Å². The van der Waals surface area contributed by atoms with Crippen molar-refractivity contribution in [2.45, 2.75) is 29.6 Å². The molecule has 0 atom stereocenters. The van der Waals surface area contributed by atoms with Crippen LogP contribution in [-0.2, 0) is 20.0 Å². The summed E-state index contributed by atoms with van der Waals surface area (Å²) in [6.07, 6.45) is 1.70. The van der Waals surface area contributed by atoms with Crippen molar-refractivity contribution < 1.29 is 21.6 Å². The van der Waals surface area contributed by atoms with Gasteiger partial charge in [0.15, 0.2) is 0 Å². The molecule has 11 heteroatoms. The van der Waals surface area contributed by atoms with Crippen LogP contribution < -0.4 is 10.0 Å². The number of aryl methyl sites for hydroxylation is 1. The fourth-order valence-electron chi connectivity index (χ4n) is 3.65. The first kappa shape index (κ1) is 25.2. The van der Waals surface area contributed by atoms with Gasteiger partial charge in [-0.3, -0.25) is 9.52 Å². The standard InChI is InChI=1S/C24H24ClN3O5S2/c1-17-4-9-20(10-5-17)34(30,31)27-23-13-6-18(16-22(23)25)24(29)26-19-7-11-21(12-8-19)35(32,33)28-14-2-3-15-28/h4-13,16,27H,2-3,14-15H2,1H3,(H,26,29). The van der Waals surface area contributed by atoms with E-state index in [-0.39, 0.29) is 26.1 Å². The molecule has 1 heterocycles. The fraction of sp³-hybridized carbons (Fsp3) is 0.208. The summed E-state index contributed by atoms with van der Waals surface area (Å²) in [5.74, 6) is -0.477. The molecule has 1 aliphatic heterocycles. The molecule has 1 saturated heterocycles. The number of sulfonamides is 2. The van der Waals surface area contributed by atoms with Gasteiger partial charge in [0.1, 0.15) is 0 Å². The van der Waals surface area contributed by atoms with E-state index in [0.717, 1.165) is 18.4 Å². The number of amides is 1. The number of hydrogen-bond acceptors (Lipinski definition) is 5. The van der Waals surface area contributed by atoms with Crippen molar-refractivity contribution in [2.24, 2.45) is 0 Å². The van der Waals surface area contributed by atoms with Crippen molar-refractivity contribution in [1.29, 1.82) is 0 Å². The SMILES string of the molecule is Cc1ccc(S(=O)(=O)Nc2ccc(C(=O)Nc3ccc(S(=O)(=O)N4CCCC4)cc3)cc2Cl)cc1. The van der Waals surface area contributed by atoms with Crippen LogP contribution in [0, 0.1) is 6.92 Å². The highest BCUT2D eigenvalue weighted by Gasteiger charge is 2.27. The molecule has 1 amide bonds. The molecule has 3 aromatic rings. The van der Waals surface area contributed by atoms with Gasteiger partial charge in [0.05, 0.1) is 20.5 Å². The van der Waals surface area contributed by atoms with Crippen molar-refractivity contribution in [3.8, 4) is 0 Å². The van der Waals surface area contributed by atoms with Gasteiger partial charge >= 0.3 is 0 Å². The largest absolute Gasteiger partial charge is 0.322 e. The second-order valence-corrected chi connectivity index (χ2v) is 12.2. The molecule has 4 rings (SSSR count). The summed E-state index contributed by atoms with van der Waals surface area (Å²) < 4.78 is 54.4. The first-order valence-electron chi connectivity index (χ1n) is 10.9. The van der Waals surface area contributed by atoms with Crippen molar-refractivity contribution in [1.82, 2.24) is 4.31 Å². The topological polar surface area (TPSA) is 113 Å². The smallest absolute Gasteiger partial charge is 0.261 e. The van der Waals surface area contributed by atoms with Crippen LogP contribution in [-0.4, -0.2) is 40.1 Å². The molecule has 0 saturated carbocycles. The number of carbonyl (C=O) groups is 1. The summed E-state index contributed by atoms with van der Waals surface area (Å²) in [6, 6.07) is 16.5. The van der Waals surface area contributed by atoms with Gasteiger partial charge in [-0.1, -0.05) is 29.3 Å². The molecule has 0 aliphatic carbocycles. The van der Waals surface area contributed by atoms with Gasteiger partial charge < -0.3 is 5.32 Å². The van der Waals surface area contributed by atoms with E-state index >= 15 is 0 Å². The van der Waals surface area contributed by atoms with E-state index in [4.69, 9.17) is 11.6 Å². The van der Waals surface area contributed by atoms with Crippen LogP contribution in [0.3, 0.4) is 0 Å². The molecule has 0 aromatic heterocycles. The van der Waals surface area contributed by atoms with Crippen LogP contribution in [0.15, 0.2) is 76.5 Å². The van der Waals surface area contributed by atoms with Gasteiger partial charge in [-0.05, 0) is 74.4 Å². The number of hydrogen-bond donors (Lipinski definition) is 2. The fourth-order valence-corrected chi connectivity index (χ4v) is 6.53. The average Bonchev–Trinajstić information content (AvgIpc) is 3.37. The van der Waals surface area contributed by atoms with Crippen LogP contribution in [0.4, 0.5) is 11.4 Å². The summed E-state index contributed by atoms with van der Waals surface area (Å²) >= 11 is 6.25. The molecular weight excluding hydrogens is 510 g/mol. The zero-order chi connectivity index (χ0) is 25.2. The Balaban J connectivity index is 1.45. The van der Waals surface area contributed by atoms with Gasteiger partial charge in [-0.15, -0.1) is 0 Å². The Morgan fingerprint density at radius 3 is 2.06 bits per heavy atom. The number of benzene rings is 3. The molecule has 35 heavy (non-hydrogen) atoms. The number of nitrogens with one attached hydrogen (secondary N) is 2. The Morgan fingerprint density at radius 2 is 1.46 bits per heavy atom. The molecule has 3 aromatic carbocycles. The number of nitrogens with zero attached hydrogens (tertiary/aromatic N) is 1. The van der Waals surface area contributed by atoms with Crippen LogP contribution >= 0.6 is 11.6 Å². The lowest BCUT2D eigenvalue weighted by atomic mass is 10.2. The Kier molecular flexibility index (Phi) is 7.18. The van der Waals surface area contributed by atoms with Gasteiger partial charge in [0, 0.05) is 24.3 Å². The maximum Gasteiger partial charge on any atom is 0.261 e. The molecule has 2 N–H and O–H groups in total. The third-order valence-electron chi connectivity index (χ3n) is 5.62. The van der Waals surface area contributed by atoms with Crippen molar-refractivity contribution in [3.05, 3.63) is 82.9 Å². The number of anilines is 2. The molecule has 1 aliphatic rings. The third-order valence-corrected chi connectivity index (χ3v) is 9.23. The summed E-state index contributed by atoms with van der Waals surface area (Å²) in [4.78, 5) is 12.9. The zero-order valence-corrected chi connectivity index (χ0v) is 21.3. The minimum atomic E-state index is -3.84. The van der Waals surface area contributed by atoms with E-state index in [1.165, 1.54) is 58.9 Å². The van der Waals surface area contributed by atoms with Gasteiger partial charge in [-0.2, -0.15) is 4.31 Å². The van der Waals surface area contributed by atoms with E-state index < -0.39 is 26.0 Å². The molecule has 8 nitrogen and oxygen atoms in total. The number of halogens is 1. The predicted molar refractivity (Wildman–Crippen MR) is 136 cm³/mol. The molecular formula is C24H24ClN3O5S2. The Hall–Kier alpha value is -2.92. The quantitative estimate of drug-likeness (QED) is 0.465. The summed E-state index contributed by atoms with van der Waals surface area (Å²) in [7, 11) is -7.38. The lowest BCUT2D eigenvalue weighted by Gasteiger charge is -2.15. The predicted octanol–water partition coefficient (Wildman–Crippen LogP) is 4.49. The lowest BCUT2D eigenvalue weighted by molar-refractivity contribution is 0.102. The maximum absolute atomic E-state index is 12.7. The first-order chi connectivity index (χ1) is 16.6. The highest BCUT2D eigenvalue weighted by Crippen LogP contribution is 2.27. The lowest BCUT2D eigenvalue weighted by Crippen LogP contribution is -2.27. The zero-order valence-electron chi connectivity index (χ0n) is 18.9. The Morgan fingerprint density at radius 1 is 0.857 bits per heavy atom. The molecule has 0 unspecified atom stereocenters. The Bertz CT molecular complexity index is 1450. The summed E-state index contributed by atoms with van der Waals surface area (Å²) in [6.45, 7) is 2.88. The molecule has 0 radical (unpaired) electrons. The highest BCUT2D eigenvalue weighted by molar-refractivity contribution is 7.92. The second kappa shape index (κ2) is 9.98. The van der Waals surface area contributed by atoms with Gasteiger partial charge in [0.2, 0.25) is 10.0 Å². The van der Waals surface area contributed by atoms with E-state index in [9.17, 15) is 21.6 Å². The van der Waals surface area contributed by atoms with Gasteiger partial charge in [0.25, 0.3) is 15.9 Å².